The van der Waals surface area contributed by atoms with Crippen LogP contribution in [-0.4, -0.2) is 31.7 Å². The Hall–Kier alpha value is -2.03. The van der Waals surface area contributed by atoms with Crippen LogP contribution in [-0.2, 0) is 9.84 Å². The fourth-order valence-electron chi connectivity index (χ4n) is 3.42. The smallest absolute Gasteiger partial charge is 0.185 e. The number of anilines is 1. The third-order valence-electron chi connectivity index (χ3n) is 4.94. The maximum absolute atomic E-state index is 13.6. The Morgan fingerprint density at radius 1 is 1.03 bits per heavy atom. The molecule has 29 heavy (non-hydrogen) atoms. The third kappa shape index (κ3) is 4.29. The number of halogens is 3. The number of rotatable bonds is 4. The molecule has 0 aliphatic carbocycles. The first-order valence-electron chi connectivity index (χ1n) is 8.99. The van der Waals surface area contributed by atoms with Crippen LogP contribution in [0, 0.1) is 11.6 Å². The Bertz CT molecular complexity index is 1110. The van der Waals surface area contributed by atoms with Crippen LogP contribution in [0.1, 0.15) is 12.8 Å². The monoisotopic (exact) mass is 454 g/mol. The number of aromatic nitrogens is 1. The van der Waals surface area contributed by atoms with Gasteiger partial charge in [-0.05, 0) is 55.3 Å². The molecule has 1 aromatic heterocycles. The van der Waals surface area contributed by atoms with Crippen LogP contribution in [0.5, 0.6) is 0 Å². The van der Waals surface area contributed by atoms with Crippen molar-refractivity contribution < 1.29 is 17.2 Å². The van der Waals surface area contributed by atoms with Gasteiger partial charge < -0.3 is 4.90 Å². The fraction of sp³-hybridized carbons (Fsp3) is 0.250. The number of benzene rings is 2. The summed E-state index contributed by atoms with van der Waals surface area (Å²) in [6.07, 6.45) is 0.917. The van der Waals surface area contributed by atoms with Crippen molar-refractivity contribution in [2.24, 2.45) is 0 Å². The minimum absolute atomic E-state index is 0.150. The molecule has 0 radical (unpaired) electrons. The zero-order chi connectivity index (χ0) is 20.6. The second-order valence-corrected chi connectivity index (χ2v) is 10.4. The highest BCUT2D eigenvalue weighted by Gasteiger charge is 2.32. The molecule has 1 saturated heterocycles. The Morgan fingerprint density at radius 3 is 2.38 bits per heavy atom. The van der Waals surface area contributed by atoms with Crippen LogP contribution in [0.4, 0.5) is 13.9 Å². The summed E-state index contributed by atoms with van der Waals surface area (Å²) in [7, 11) is -3.50. The van der Waals surface area contributed by atoms with Crippen molar-refractivity contribution >= 4 is 37.9 Å². The number of piperidine rings is 1. The van der Waals surface area contributed by atoms with Crippen LogP contribution >= 0.6 is 22.9 Å². The normalized spacial score (nSPS) is 15.6. The quantitative estimate of drug-likeness (QED) is 0.509. The predicted molar refractivity (Wildman–Crippen MR) is 111 cm³/mol. The average molecular weight is 455 g/mol. The van der Waals surface area contributed by atoms with Crippen molar-refractivity contribution in [1.82, 2.24) is 4.98 Å². The standard InChI is InChI=1S/C20H17ClF2N2O2S2/c21-14-9-13(10-16(23)11-14)19-12-28-20(24-19)25-7-5-18(6-8-25)29(26,27)17-3-1-15(22)2-4-17/h1-4,9-12,18H,5-8H2. The first-order valence-corrected chi connectivity index (χ1v) is 11.8. The molecule has 1 aliphatic rings. The predicted octanol–water partition coefficient (Wildman–Crippen LogP) is 5.18. The van der Waals surface area contributed by atoms with Gasteiger partial charge in [0, 0.05) is 29.1 Å². The van der Waals surface area contributed by atoms with E-state index in [9.17, 15) is 17.2 Å². The lowest BCUT2D eigenvalue weighted by Gasteiger charge is -2.31. The van der Waals surface area contributed by atoms with E-state index in [0.29, 0.717) is 42.2 Å². The van der Waals surface area contributed by atoms with Crippen LogP contribution in [0.25, 0.3) is 11.3 Å². The molecule has 0 spiro atoms. The molecule has 1 fully saturated rings. The zero-order valence-electron chi connectivity index (χ0n) is 15.2. The van der Waals surface area contributed by atoms with Gasteiger partial charge in [0.25, 0.3) is 0 Å². The van der Waals surface area contributed by atoms with E-state index in [1.54, 1.807) is 6.07 Å². The molecule has 0 unspecified atom stereocenters. The fourth-order valence-corrected chi connectivity index (χ4v) is 6.26. The Kier molecular flexibility index (Phi) is 5.59. The van der Waals surface area contributed by atoms with E-state index in [4.69, 9.17) is 11.6 Å². The molecule has 0 saturated carbocycles. The zero-order valence-corrected chi connectivity index (χ0v) is 17.6. The van der Waals surface area contributed by atoms with Gasteiger partial charge in [-0.25, -0.2) is 22.2 Å². The van der Waals surface area contributed by atoms with Crippen molar-refractivity contribution in [3.63, 3.8) is 0 Å². The molecule has 4 rings (SSSR count). The molecule has 3 aromatic rings. The summed E-state index contributed by atoms with van der Waals surface area (Å²) in [4.78, 5) is 6.75. The van der Waals surface area contributed by atoms with Gasteiger partial charge in [-0.3, -0.25) is 0 Å². The molecule has 2 heterocycles. The van der Waals surface area contributed by atoms with E-state index in [2.05, 4.69) is 4.98 Å². The van der Waals surface area contributed by atoms with E-state index in [1.165, 1.54) is 35.6 Å². The van der Waals surface area contributed by atoms with Gasteiger partial charge in [0.05, 0.1) is 15.8 Å². The number of sulfone groups is 1. The molecule has 1 aliphatic heterocycles. The summed E-state index contributed by atoms with van der Waals surface area (Å²) in [6, 6.07) is 9.24. The average Bonchev–Trinajstić information content (AvgIpc) is 3.18. The lowest BCUT2D eigenvalue weighted by molar-refractivity contribution is 0.529. The van der Waals surface area contributed by atoms with Crippen LogP contribution in [0.15, 0.2) is 52.7 Å². The van der Waals surface area contributed by atoms with E-state index < -0.39 is 26.7 Å². The van der Waals surface area contributed by atoms with Gasteiger partial charge >= 0.3 is 0 Å². The Morgan fingerprint density at radius 2 is 1.72 bits per heavy atom. The second kappa shape index (κ2) is 8.01. The summed E-state index contributed by atoms with van der Waals surface area (Å²) in [5.41, 5.74) is 1.23. The van der Waals surface area contributed by atoms with Crippen LogP contribution < -0.4 is 4.90 Å². The first kappa shape index (κ1) is 20.3. The maximum Gasteiger partial charge on any atom is 0.185 e. The van der Waals surface area contributed by atoms with Crippen molar-refractivity contribution in [2.75, 3.05) is 18.0 Å². The van der Waals surface area contributed by atoms with Gasteiger partial charge in [0.2, 0.25) is 0 Å². The molecule has 0 amide bonds. The van der Waals surface area contributed by atoms with Crippen LogP contribution in [0.2, 0.25) is 5.02 Å². The maximum atomic E-state index is 13.6. The van der Waals surface area contributed by atoms with Gasteiger partial charge in [0.1, 0.15) is 11.6 Å². The summed E-state index contributed by atoms with van der Waals surface area (Å²) in [5, 5.41) is 2.40. The molecule has 9 heteroatoms. The summed E-state index contributed by atoms with van der Waals surface area (Å²) in [5.74, 6) is -0.883. The molecular formula is C20H17ClF2N2O2S2. The number of hydrogen-bond donors (Lipinski definition) is 0. The van der Waals surface area contributed by atoms with Crippen molar-refractivity contribution in [3.05, 3.63) is 64.5 Å². The number of hydrogen-bond acceptors (Lipinski definition) is 5. The molecule has 2 aromatic carbocycles. The number of thiazole rings is 1. The van der Waals surface area contributed by atoms with Crippen molar-refractivity contribution in [2.45, 2.75) is 23.0 Å². The SMILES string of the molecule is O=S(=O)(c1ccc(F)cc1)C1CCN(c2nc(-c3cc(F)cc(Cl)c3)cs2)CC1. The van der Waals surface area contributed by atoms with E-state index in [0.717, 1.165) is 17.3 Å². The Labute approximate surface area is 176 Å². The molecule has 152 valence electrons. The molecular weight excluding hydrogens is 438 g/mol. The van der Waals surface area contributed by atoms with E-state index >= 15 is 0 Å². The first-order chi connectivity index (χ1) is 13.8. The summed E-state index contributed by atoms with van der Waals surface area (Å²) in [6.45, 7) is 1.09. The lowest BCUT2D eigenvalue weighted by Crippen LogP contribution is -2.39. The minimum atomic E-state index is -3.50. The van der Waals surface area contributed by atoms with Gasteiger partial charge in [-0.15, -0.1) is 11.3 Å². The summed E-state index contributed by atoms with van der Waals surface area (Å²) >= 11 is 7.35. The lowest BCUT2D eigenvalue weighted by atomic mass is 10.1. The topological polar surface area (TPSA) is 50.3 Å². The summed E-state index contributed by atoms with van der Waals surface area (Å²) < 4.78 is 52.3. The second-order valence-electron chi connectivity index (χ2n) is 6.86. The van der Waals surface area contributed by atoms with Gasteiger partial charge in [-0.2, -0.15) is 0 Å². The highest BCUT2D eigenvalue weighted by molar-refractivity contribution is 7.92. The van der Waals surface area contributed by atoms with Gasteiger partial charge in [-0.1, -0.05) is 11.6 Å². The molecule has 0 bridgehead atoms. The molecule has 0 atom stereocenters. The van der Waals surface area contributed by atoms with Crippen molar-refractivity contribution in [3.8, 4) is 11.3 Å². The van der Waals surface area contributed by atoms with Crippen molar-refractivity contribution in [1.29, 1.82) is 0 Å². The molecule has 4 nitrogen and oxygen atoms in total. The highest BCUT2D eigenvalue weighted by atomic mass is 35.5. The molecule has 0 N–H and O–H groups in total. The largest absolute Gasteiger partial charge is 0.348 e. The Balaban J connectivity index is 1.46. The van der Waals surface area contributed by atoms with E-state index in [1.807, 2.05) is 10.3 Å². The third-order valence-corrected chi connectivity index (χ3v) is 8.34. The van der Waals surface area contributed by atoms with Gasteiger partial charge in [0.15, 0.2) is 15.0 Å². The van der Waals surface area contributed by atoms with Crippen LogP contribution in [0.3, 0.4) is 0 Å². The minimum Gasteiger partial charge on any atom is -0.348 e. The van der Waals surface area contributed by atoms with E-state index in [-0.39, 0.29) is 4.90 Å². The highest BCUT2D eigenvalue weighted by Crippen LogP contribution is 2.32. The number of nitrogens with zero attached hydrogens (tertiary/aromatic N) is 2.